The van der Waals surface area contributed by atoms with Crippen molar-refractivity contribution >= 4 is 17.5 Å². The van der Waals surface area contributed by atoms with Gasteiger partial charge in [-0.3, -0.25) is 19.6 Å². The number of nitro groups is 1. The van der Waals surface area contributed by atoms with E-state index in [1.54, 1.807) is 7.05 Å². The number of nitrogens with zero attached hydrogens (tertiary/aromatic N) is 4. The molecule has 25 heavy (non-hydrogen) atoms. The van der Waals surface area contributed by atoms with Gasteiger partial charge in [0.25, 0.3) is 5.88 Å². The highest BCUT2D eigenvalue weighted by atomic mass is 16.6. The predicted molar refractivity (Wildman–Crippen MR) is 89.7 cm³/mol. The first kappa shape index (κ1) is 18.2. The van der Waals surface area contributed by atoms with Gasteiger partial charge >= 0.3 is 11.7 Å². The van der Waals surface area contributed by atoms with Gasteiger partial charge in [0.1, 0.15) is 5.82 Å². The molecule has 0 aliphatic carbocycles. The van der Waals surface area contributed by atoms with Crippen molar-refractivity contribution < 1.29 is 19.6 Å². The van der Waals surface area contributed by atoms with E-state index in [0.717, 1.165) is 0 Å². The molecule has 0 unspecified atom stereocenters. The minimum absolute atomic E-state index is 0.00277. The third-order valence-corrected chi connectivity index (χ3v) is 3.45. The molecule has 0 radical (unpaired) electrons. The van der Waals surface area contributed by atoms with Crippen LogP contribution in [0.3, 0.4) is 0 Å². The number of methoxy groups -OCH3 is 1. The average molecular weight is 349 g/mol. The summed E-state index contributed by atoms with van der Waals surface area (Å²) in [7, 11) is 2.91. The smallest absolute Gasteiger partial charge is 0.331 e. The summed E-state index contributed by atoms with van der Waals surface area (Å²) in [6.07, 6.45) is 1.20. The summed E-state index contributed by atoms with van der Waals surface area (Å²) < 4.78 is 6.44. The fourth-order valence-electron chi connectivity index (χ4n) is 2.40. The Labute approximate surface area is 143 Å². The van der Waals surface area contributed by atoms with E-state index in [2.05, 4.69) is 15.4 Å². The molecule has 2 aromatic rings. The molecule has 0 fully saturated rings. The number of aryl methyl sites for hydroxylation is 1. The molecule has 0 saturated carbocycles. The maximum absolute atomic E-state index is 11.3. The number of pyridine rings is 1. The molecule has 10 heteroatoms. The van der Waals surface area contributed by atoms with E-state index in [4.69, 9.17) is 9.84 Å². The molecule has 2 aromatic heterocycles. The van der Waals surface area contributed by atoms with Crippen molar-refractivity contribution in [3.63, 3.8) is 0 Å². The van der Waals surface area contributed by atoms with Crippen LogP contribution in [-0.4, -0.2) is 43.9 Å². The first-order chi connectivity index (χ1) is 11.7. The zero-order chi connectivity index (χ0) is 18.7. The van der Waals surface area contributed by atoms with Gasteiger partial charge in [-0.2, -0.15) is 10.1 Å². The van der Waals surface area contributed by atoms with Crippen LogP contribution in [0.2, 0.25) is 0 Å². The monoisotopic (exact) mass is 349 g/mol. The maximum atomic E-state index is 11.3. The molecule has 10 nitrogen and oxygen atoms in total. The number of carboxylic acid groups (broad SMARTS) is 1. The Kier molecular flexibility index (Phi) is 5.20. The van der Waals surface area contributed by atoms with E-state index in [1.165, 1.54) is 24.1 Å². The minimum Gasteiger partial charge on any atom is -0.481 e. The summed E-state index contributed by atoms with van der Waals surface area (Å²) in [6.45, 7) is 3.78. The van der Waals surface area contributed by atoms with Crippen LogP contribution in [0.5, 0.6) is 5.88 Å². The van der Waals surface area contributed by atoms with Crippen molar-refractivity contribution in [1.29, 1.82) is 0 Å². The lowest BCUT2D eigenvalue weighted by molar-refractivity contribution is -0.386. The van der Waals surface area contributed by atoms with Gasteiger partial charge in [0, 0.05) is 30.3 Å². The summed E-state index contributed by atoms with van der Waals surface area (Å²) in [4.78, 5) is 26.1. The summed E-state index contributed by atoms with van der Waals surface area (Å²) in [5.74, 6) is -0.795. The van der Waals surface area contributed by atoms with E-state index in [9.17, 15) is 14.9 Å². The fraction of sp³-hybridized carbons (Fsp3) is 0.400. The lowest BCUT2D eigenvalue weighted by Gasteiger charge is -2.15. The third-order valence-electron chi connectivity index (χ3n) is 3.45. The number of hydrogen-bond acceptors (Lipinski definition) is 7. The van der Waals surface area contributed by atoms with Gasteiger partial charge < -0.3 is 15.2 Å². The fourth-order valence-corrected chi connectivity index (χ4v) is 2.40. The van der Waals surface area contributed by atoms with E-state index < -0.39 is 10.9 Å². The van der Waals surface area contributed by atoms with Crippen LogP contribution >= 0.6 is 0 Å². The Morgan fingerprint density at radius 1 is 1.48 bits per heavy atom. The standard InChI is InChI=1S/C15H19N5O5/c1-8(2)17-14-9(5-12(20(23)24)15(18-14)25-4)10-7-16-19(3)11(10)6-13(21)22/h5,7-8H,6H2,1-4H3,(H,17,18)(H,21,22). The normalized spacial score (nSPS) is 10.8. The molecule has 2 rings (SSSR count). The molecular formula is C15H19N5O5. The molecule has 0 spiro atoms. The van der Waals surface area contributed by atoms with Gasteiger partial charge in [0.05, 0.1) is 30.3 Å². The highest BCUT2D eigenvalue weighted by Crippen LogP contribution is 2.37. The van der Waals surface area contributed by atoms with Gasteiger partial charge in [-0.1, -0.05) is 0 Å². The Bertz CT molecular complexity index is 815. The van der Waals surface area contributed by atoms with Crippen molar-refractivity contribution in [2.24, 2.45) is 7.05 Å². The summed E-state index contributed by atoms with van der Waals surface area (Å²) in [5.41, 5.74) is 0.967. The number of ether oxygens (including phenoxy) is 1. The van der Waals surface area contributed by atoms with E-state index in [-0.39, 0.29) is 24.0 Å². The predicted octanol–water partition coefficient (Wildman–Crippen LogP) is 1.85. The Balaban J connectivity index is 2.72. The Hall–Kier alpha value is -3.17. The second-order valence-electron chi connectivity index (χ2n) is 5.67. The number of rotatable bonds is 7. The van der Waals surface area contributed by atoms with Crippen molar-refractivity contribution in [2.45, 2.75) is 26.3 Å². The van der Waals surface area contributed by atoms with E-state index in [0.29, 0.717) is 22.6 Å². The number of hydrogen-bond donors (Lipinski definition) is 2. The molecule has 0 bridgehead atoms. The van der Waals surface area contributed by atoms with Crippen LogP contribution in [0, 0.1) is 10.1 Å². The van der Waals surface area contributed by atoms with Gasteiger partial charge in [-0.25, -0.2) is 0 Å². The van der Waals surface area contributed by atoms with Crippen LogP contribution in [-0.2, 0) is 18.3 Å². The lowest BCUT2D eigenvalue weighted by Crippen LogP contribution is -2.14. The molecule has 134 valence electrons. The number of carboxylic acids is 1. The zero-order valence-corrected chi connectivity index (χ0v) is 14.3. The molecule has 0 saturated heterocycles. The third kappa shape index (κ3) is 3.84. The van der Waals surface area contributed by atoms with Crippen LogP contribution in [0.25, 0.3) is 11.1 Å². The SMILES string of the molecule is COc1nc(NC(C)C)c(-c2cnn(C)c2CC(=O)O)cc1[N+](=O)[O-]. The Morgan fingerprint density at radius 2 is 2.16 bits per heavy atom. The Morgan fingerprint density at radius 3 is 2.68 bits per heavy atom. The molecule has 0 atom stereocenters. The van der Waals surface area contributed by atoms with Gasteiger partial charge in [-0.15, -0.1) is 0 Å². The highest BCUT2D eigenvalue weighted by Gasteiger charge is 2.25. The van der Waals surface area contributed by atoms with Gasteiger partial charge in [0.15, 0.2) is 0 Å². The molecule has 2 heterocycles. The van der Waals surface area contributed by atoms with E-state index in [1.807, 2.05) is 13.8 Å². The first-order valence-corrected chi connectivity index (χ1v) is 7.47. The summed E-state index contributed by atoms with van der Waals surface area (Å²) in [5, 5.41) is 27.6. The maximum Gasteiger partial charge on any atom is 0.331 e. The number of anilines is 1. The molecule has 0 aromatic carbocycles. The second kappa shape index (κ2) is 7.16. The molecular weight excluding hydrogens is 330 g/mol. The number of carbonyl (C=O) groups is 1. The average Bonchev–Trinajstić information content (AvgIpc) is 2.86. The quantitative estimate of drug-likeness (QED) is 0.571. The van der Waals surface area contributed by atoms with Crippen molar-refractivity contribution in [3.05, 3.63) is 28.1 Å². The van der Waals surface area contributed by atoms with Crippen LogP contribution in [0.4, 0.5) is 11.5 Å². The molecule has 0 aliphatic rings. The van der Waals surface area contributed by atoms with Crippen LogP contribution < -0.4 is 10.1 Å². The number of aromatic nitrogens is 3. The first-order valence-electron chi connectivity index (χ1n) is 7.47. The molecule has 2 N–H and O–H groups in total. The highest BCUT2D eigenvalue weighted by molar-refractivity contribution is 5.82. The number of nitrogens with one attached hydrogen (secondary N) is 1. The van der Waals surface area contributed by atoms with Gasteiger partial charge in [-0.05, 0) is 13.8 Å². The zero-order valence-electron chi connectivity index (χ0n) is 14.3. The second-order valence-corrected chi connectivity index (χ2v) is 5.67. The van der Waals surface area contributed by atoms with Crippen molar-refractivity contribution in [1.82, 2.24) is 14.8 Å². The minimum atomic E-state index is -1.03. The molecule has 0 aliphatic heterocycles. The topological polar surface area (TPSA) is 132 Å². The lowest BCUT2D eigenvalue weighted by atomic mass is 10.0. The summed E-state index contributed by atoms with van der Waals surface area (Å²) in [6, 6.07) is 1.32. The van der Waals surface area contributed by atoms with Crippen LogP contribution in [0.1, 0.15) is 19.5 Å². The van der Waals surface area contributed by atoms with Crippen molar-refractivity contribution in [2.75, 3.05) is 12.4 Å². The van der Waals surface area contributed by atoms with Crippen LogP contribution in [0.15, 0.2) is 12.3 Å². The van der Waals surface area contributed by atoms with Crippen molar-refractivity contribution in [3.8, 4) is 17.0 Å². The number of aliphatic carboxylic acids is 1. The van der Waals surface area contributed by atoms with E-state index >= 15 is 0 Å². The van der Waals surface area contributed by atoms with Gasteiger partial charge in [0.2, 0.25) is 0 Å². The molecule has 0 amide bonds. The largest absolute Gasteiger partial charge is 0.481 e. The summed E-state index contributed by atoms with van der Waals surface area (Å²) >= 11 is 0.